The number of rotatable bonds is 4. The smallest absolute Gasteiger partial charge is 0.316 e. The summed E-state index contributed by atoms with van der Waals surface area (Å²) in [6, 6.07) is 7.85. The van der Waals surface area contributed by atoms with E-state index in [0.717, 1.165) is 4.47 Å². The molecule has 0 saturated heterocycles. The number of nitrogens with one attached hydrogen (secondary N) is 2. The van der Waals surface area contributed by atoms with E-state index in [0.29, 0.717) is 23.6 Å². The van der Waals surface area contributed by atoms with Crippen LogP contribution in [-0.4, -0.2) is 16.5 Å². The van der Waals surface area contributed by atoms with Crippen molar-refractivity contribution in [3.63, 3.8) is 0 Å². The van der Waals surface area contributed by atoms with E-state index < -0.39 is 6.03 Å². The fourth-order valence-corrected chi connectivity index (χ4v) is 2.37. The average Bonchev–Trinajstić information content (AvgIpc) is 2.82. The van der Waals surface area contributed by atoms with Crippen molar-refractivity contribution in [3.05, 3.63) is 46.7 Å². The molecule has 0 aliphatic heterocycles. The van der Waals surface area contributed by atoms with E-state index in [1.165, 1.54) is 0 Å². The Morgan fingerprint density at radius 3 is 2.29 bits per heavy atom. The van der Waals surface area contributed by atoms with Crippen LogP contribution < -0.4 is 16.4 Å². The number of aryl methyl sites for hydroxylation is 1. The molecule has 1 heterocycles. The van der Waals surface area contributed by atoms with Crippen LogP contribution in [0.4, 0.5) is 16.2 Å². The lowest BCUT2D eigenvalue weighted by Crippen LogP contribution is -2.19. The Labute approximate surface area is 130 Å². The van der Waals surface area contributed by atoms with Crippen molar-refractivity contribution in [1.82, 2.24) is 4.57 Å². The van der Waals surface area contributed by atoms with E-state index in [1.807, 2.05) is 17.7 Å². The average molecular weight is 351 g/mol. The highest BCUT2D eigenvalue weighted by Crippen LogP contribution is 2.18. The third kappa shape index (κ3) is 3.85. The largest absolute Gasteiger partial charge is 0.351 e. The molecule has 110 valence electrons. The zero-order chi connectivity index (χ0) is 15.4. The van der Waals surface area contributed by atoms with E-state index in [-0.39, 0.29) is 5.91 Å². The van der Waals surface area contributed by atoms with Gasteiger partial charge in [-0.2, -0.15) is 0 Å². The zero-order valence-electron chi connectivity index (χ0n) is 11.4. The summed E-state index contributed by atoms with van der Waals surface area (Å²) in [6.07, 6.45) is 1.86. The maximum Gasteiger partial charge on any atom is 0.316 e. The van der Waals surface area contributed by atoms with E-state index in [2.05, 4.69) is 26.6 Å². The van der Waals surface area contributed by atoms with E-state index in [9.17, 15) is 9.59 Å². The molecule has 0 aliphatic rings. The van der Waals surface area contributed by atoms with Crippen molar-refractivity contribution in [3.8, 4) is 0 Å². The molecule has 0 aliphatic carbocycles. The number of benzene rings is 1. The Hall–Kier alpha value is -2.28. The first-order valence-corrected chi connectivity index (χ1v) is 7.12. The Morgan fingerprint density at radius 2 is 1.76 bits per heavy atom. The van der Waals surface area contributed by atoms with Gasteiger partial charge in [0.15, 0.2) is 0 Å². The molecule has 0 spiro atoms. The van der Waals surface area contributed by atoms with Gasteiger partial charge in [0.25, 0.3) is 5.91 Å². The Bertz CT molecular complexity index is 664. The maximum absolute atomic E-state index is 12.2. The molecule has 2 rings (SSSR count). The first-order chi connectivity index (χ1) is 9.99. The predicted octanol–water partition coefficient (Wildman–Crippen LogP) is 3.01. The van der Waals surface area contributed by atoms with Gasteiger partial charge < -0.3 is 20.9 Å². The number of nitrogens with zero attached hydrogens (tertiary/aromatic N) is 1. The van der Waals surface area contributed by atoms with Crippen LogP contribution in [0.3, 0.4) is 0 Å². The van der Waals surface area contributed by atoms with Crippen molar-refractivity contribution in [1.29, 1.82) is 0 Å². The lowest BCUT2D eigenvalue weighted by atomic mass is 10.2. The lowest BCUT2D eigenvalue weighted by molar-refractivity contribution is 0.101. The number of primary amides is 1. The normalized spacial score (nSPS) is 10.2. The lowest BCUT2D eigenvalue weighted by Gasteiger charge is -2.08. The van der Waals surface area contributed by atoms with Gasteiger partial charge in [-0.1, -0.05) is 0 Å². The third-order valence-corrected chi connectivity index (χ3v) is 3.28. The van der Waals surface area contributed by atoms with Gasteiger partial charge in [0, 0.05) is 28.6 Å². The van der Waals surface area contributed by atoms with Gasteiger partial charge in [-0.15, -0.1) is 0 Å². The third-order valence-electron chi connectivity index (χ3n) is 2.85. The predicted molar refractivity (Wildman–Crippen MR) is 85.4 cm³/mol. The molecule has 0 bridgehead atoms. The number of carbonyl (C=O) groups excluding carboxylic acids is 2. The minimum atomic E-state index is -0.627. The first-order valence-electron chi connectivity index (χ1n) is 6.33. The molecule has 0 saturated carbocycles. The molecule has 6 nitrogen and oxygen atoms in total. The summed E-state index contributed by atoms with van der Waals surface area (Å²) < 4.78 is 2.71. The highest BCUT2D eigenvalue weighted by atomic mass is 79.9. The Kier molecular flexibility index (Phi) is 4.64. The van der Waals surface area contributed by atoms with Gasteiger partial charge in [-0.25, -0.2) is 4.79 Å². The maximum atomic E-state index is 12.2. The first kappa shape index (κ1) is 15.1. The van der Waals surface area contributed by atoms with Crippen LogP contribution in [0.5, 0.6) is 0 Å². The molecule has 21 heavy (non-hydrogen) atoms. The van der Waals surface area contributed by atoms with E-state index in [1.54, 1.807) is 30.3 Å². The van der Waals surface area contributed by atoms with Crippen LogP contribution >= 0.6 is 15.9 Å². The minimum Gasteiger partial charge on any atom is -0.351 e. The minimum absolute atomic E-state index is 0.196. The van der Waals surface area contributed by atoms with Gasteiger partial charge in [0.05, 0.1) is 0 Å². The molecule has 0 atom stereocenters. The molecule has 0 radical (unpaired) electrons. The van der Waals surface area contributed by atoms with E-state index in [4.69, 9.17) is 5.73 Å². The molecule has 7 heteroatoms. The van der Waals surface area contributed by atoms with Gasteiger partial charge in [-0.3, -0.25) is 4.79 Å². The quantitative estimate of drug-likeness (QED) is 0.791. The molecule has 0 fully saturated rings. The number of amides is 3. The summed E-state index contributed by atoms with van der Waals surface area (Å²) in [5.74, 6) is -0.196. The number of aromatic nitrogens is 1. The van der Waals surface area contributed by atoms with Gasteiger partial charge in [0.1, 0.15) is 5.69 Å². The monoisotopic (exact) mass is 350 g/mol. The van der Waals surface area contributed by atoms with Gasteiger partial charge >= 0.3 is 6.03 Å². The number of urea groups is 1. The molecule has 1 aromatic heterocycles. The molecule has 0 unspecified atom stereocenters. The van der Waals surface area contributed by atoms with Crippen molar-refractivity contribution in [2.75, 3.05) is 10.6 Å². The molecule has 2 aromatic rings. The molecule has 3 amide bonds. The van der Waals surface area contributed by atoms with Crippen LogP contribution in [0, 0.1) is 0 Å². The zero-order valence-corrected chi connectivity index (χ0v) is 13.0. The van der Waals surface area contributed by atoms with Crippen molar-refractivity contribution >= 4 is 39.2 Å². The van der Waals surface area contributed by atoms with Crippen LogP contribution in [0.1, 0.15) is 17.4 Å². The number of nitrogens with two attached hydrogens (primary N) is 1. The summed E-state index contributed by atoms with van der Waals surface area (Å²) in [7, 11) is 0. The second kappa shape index (κ2) is 6.45. The standard InChI is InChI=1S/C14H15BrN4O2/c1-2-19-8-9(15)7-12(19)13(20)17-10-3-5-11(6-4-10)18-14(16)21/h3-8H,2H2,1H3,(H,17,20)(H3,16,18,21). The molecule has 4 N–H and O–H groups in total. The summed E-state index contributed by atoms with van der Waals surface area (Å²) >= 11 is 3.36. The fraction of sp³-hybridized carbons (Fsp3) is 0.143. The Balaban J connectivity index is 2.10. The summed E-state index contributed by atoms with van der Waals surface area (Å²) in [4.78, 5) is 23.0. The van der Waals surface area contributed by atoms with Crippen LogP contribution in [0.25, 0.3) is 0 Å². The highest BCUT2D eigenvalue weighted by Gasteiger charge is 2.12. The second-order valence-corrected chi connectivity index (χ2v) is 5.27. The van der Waals surface area contributed by atoms with Crippen LogP contribution in [-0.2, 0) is 6.54 Å². The van der Waals surface area contributed by atoms with E-state index >= 15 is 0 Å². The summed E-state index contributed by atoms with van der Waals surface area (Å²) in [6.45, 7) is 2.67. The summed E-state index contributed by atoms with van der Waals surface area (Å²) in [5.41, 5.74) is 6.80. The molecule has 1 aromatic carbocycles. The summed E-state index contributed by atoms with van der Waals surface area (Å²) in [5, 5.41) is 5.26. The SMILES string of the molecule is CCn1cc(Br)cc1C(=O)Nc1ccc(NC(N)=O)cc1. The highest BCUT2D eigenvalue weighted by molar-refractivity contribution is 9.10. The van der Waals surface area contributed by atoms with Gasteiger partial charge in [-0.05, 0) is 53.2 Å². The molecular formula is C14H15BrN4O2. The van der Waals surface area contributed by atoms with Crippen LogP contribution in [0.15, 0.2) is 41.0 Å². The Morgan fingerprint density at radius 1 is 1.19 bits per heavy atom. The fourth-order valence-electron chi connectivity index (χ4n) is 1.90. The number of halogens is 1. The number of hydrogen-bond acceptors (Lipinski definition) is 2. The van der Waals surface area contributed by atoms with Crippen molar-refractivity contribution in [2.45, 2.75) is 13.5 Å². The molecular weight excluding hydrogens is 336 g/mol. The number of hydrogen-bond donors (Lipinski definition) is 3. The second-order valence-electron chi connectivity index (χ2n) is 4.35. The van der Waals surface area contributed by atoms with Crippen molar-refractivity contribution in [2.24, 2.45) is 5.73 Å². The topological polar surface area (TPSA) is 89.2 Å². The van der Waals surface area contributed by atoms with Crippen molar-refractivity contribution < 1.29 is 9.59 Å². The number of anilines is 2. The van der Waals surface area contributed by atoms with Crippen LogP contribution in [0.2, 0.25) is 0 Å². The number of carbonyl (C=O) groups is 2. The van der Waals surface area contributed by atoms with Gasteiger partial charge in [0.2, 0.25) is 0 Å².